The average molecular weight is 501 g/mol. The second-order valence-electron chi connectivity index (χ2n) is 7.35. The Bertz CT molecular complexity index is 1230. The fraction of sp³-hybridized carbons (Fsp3) is 0.500. The summed E-state index contributed by atoms with van der Waals surface area (Å²) in [6.07, 6.45) is -0.474. The van der Waals surface area contributed by atoms with Crippen molar-refractivity contribution < 1.29 is 31.9 Å². The summed E-state index contributed by atoms with van der Waals surface area (Å²) in [6, 6.07) is 4.20. The van der Waals surface area contributed by atoms with Gasteiger partial charge in [-0.25, -0.2) is 17.6 Å². The van der Waals surface area contributed by atoms with Crippen molar-refractivity contribution in [2.75, 3.05) is 44.3 Å². The first-order chi connectivity index (χ1) is 15.6. The summed E-state index contributed by atoms with van der Waals surface area (Å²) in [7, 11) is -4.05. The van der Waals surface area contributed by atoms with E-state index >= 15 is 0 Å². The number of rotatable bonds is 6. The van der Waals surface area contributed by atoms with E-state index in [0.717, 1.165) is 11.3 Å². The number of fused-ring (bicyclic) bond motifs is 1. The second kappa shape index (κ2) is 10.4. The summed E-state index contributed by atoms with van der Waals surface area (Å²) in [5, 5.41) is 0. The molecular formula is C20H25FN4O6S2. The van der Waals surface area contributed by atoms with Crippen molar-refractivity contribution in [3.05, 3.63) is 28.8 Å². The van der Waals surface area contributed by atoms with Gasteiger partial charge in [0.15, 0.2) is 14.6 Å². The number of piperazine rings is 1. The highest BCUT2D eigenvalue weighted by molar-refractivity contribution is 7.92. The zero-order chi connectivity index (χ0) is 24.2. The molecule has 0 atom stereocenters. The maximum Gasteiger partial charge on any atom is 0.409 e. The highest BCUT2D eigenvalue weighted by atomic mass is 32.2. The summed E-state index contributed by atoms with van der Waals surface area (Å²) >= 11 is 1.08. The van der Waals surface area contributed by atoms with Crippen molar-refractivity contribution in [3.63, 3.8) is 0 Å². The fourth-order valence-electron chi connectivity index (χ4n) is 3.45. The summed E-state index contributed by atoms with van der Waals surface area (Å²) in [5.74, 6) is -3.68. The predicted octanol–water partition coefficient (Wildman–Crippen LogP) is 1.00. The number of nitrogens with zero attached hydrogens (tertiary/aromatic N) is 4. The predicted molar refractivity (Wildman–Crippen MR) is 120 cm³/mol. The maximum absolute atomic E-state index is 13.5. The van der Waals surface area contributed by atoms with Crippen LogP contribution in [0.1, 0.15) is 13.8 Å². The fourth-order valence-corrected chi connectivity index (χ4v) is 5.69. The summed E-state index contributed by atoms with van der Waals surface area (Å²) < 4.78 is 45.6. The highest BCUT2D eigenvalue weighted by Crippen LogP contribution is 2.18. The van der Waals surface area contributed by atoms with Gasteiger partial charge in [0.2, 0.25) is 5.91 Å². The first kappa shape index (κ1) is 24.8. The first-order valence-electron chi connectivity index (χ1n) is 10.4. The van der Waals surface area contributed by atoms with E-state index in [-0.39, 0.29) is 37.6 Å². The van der Waals surface area contributed by atoms with Gasteiger partial charge in [-0.1, -0.05) is 11.3 Å². The third-order valence-electron chi connectivity index (χ3n) is 5.03. The van der Waals surface area contributed by atoms with Crippen LogP contribution in [0.15, 0.2) is 23.2 Å². The Hall–Kier alpha value is -2.80. The van der Waals surface area contributed by atoms with Crippen LogP contribution in [0.4, 0.5) is 9.18 Å². The summed E-state index contributed by atoms with van der Waals surface area (Å²) in [5.41, 5.74) is 0.690. The molecule has 0 spiro atoms. The highest BCUT2D eigenvalue weighted by Gasteiger charge is 2.28. The smallest absolute Gasteiger partial charge is 0.409 e. The largest absolute Gasteiger partial charge is 0.450 e. The van der Waals surface area contributed by atoms with Gasteiger partial charge in [0.05, 0.1) is 16.8 Å². The van der Waals surface area contributed by atoms with Gasteiger partial charge >= 0.3 is 6.09 Å². The molecule has 180 valence electrons. The zero-order valence-electron chi connectivity index (χ0n) is 18.3. The minimum atomic E-state index is -4.05. The number of carbonyl (C=O) groups excluding carboxylic acids is 3. The number of sulfone groups is 1. The molecule has 1 aromatic carbocycles. The van der Waals surface area contributed by atoms with E-state index < -0.39 is 45.1 Å². The first-order valence-corrected chi connectivity index (χ1v) is 13.0. The van der Waals surface area contributed by atoms with Crippen molar-refractivity contribution in [2.45, 2.75) is 20.4 Å². The molecule has 2 aromatic rings. The van der Waals surface area contributed by atoms with Crippen LogP contribution in [0.5, 0.6) is 0 Å². The summed E-state index contributed by atoms with van der Waals surface area (Å²) in [6.45, 7) is 5.06. The number of thiazole rings is 1. The molecule has 0 aliphatic carbocycles. The molecule has 13 heteroatoms. The van der Waals surface area contributed by atoms with Gasteiger partial charge in [-0.3, -0.25) is 9.59 Å². The number of hydrogen-bond acceptors (Lipinski definition) is 7. The van der Waals surface area contributed by atoms with Crippen LogP contribution in [0.25, 0.3) is 10.2 Å². The number of benzene rings is 1. The molecular weight excluding hydrogens is 475 g/mol. The average Bonchev–Trinajstić information content (AvgIpc) is 3.08. The van der Waals surface area contributed by atoms with Crippen LogP contribution in [0, 0.1) is 5.82 Å². The van der Waals surface area contributed by atoms with Crippen molar-refractivity contribution in [2.24, 2.45) is 4.99 Å². The Labute approximate surface area is 194 Å². The monoisotopic (exact) mass is 500 g/mol. The lowest BCUT2D eigenvalue weighted by atomic mass is 10.3. The van der Waals surface area contributed by atoms with Crippen LogP contribution in [-0.2, 0) is 30.7 Å². The number of hydrogen-bond donors (Lipinski definition) is 0. The van der Waals surface area contributed by atoms with E-state index in [0.29, 0.717) is 16.8 Å². The molecule has 3 amide bonds. The molecule has 1 aliphatic heterocycles. The Kier molecular flexibility index (Phi) is 7.84. The topological polar surface area (TPSA) is 118 Å². The van der Waals surface area contributed by atoms with E-state index in [2.05, 4.69) is 4.99 Å². The van der Waals surface area contributed by atoms with Gasteiger partial charge in [-0.15, -0.1) is 0 Å². The molecule has 1 saturated heterocycles. The number of amides is 3. The van der Waals surface area contributed by atoms with Gasteiger partial charge in [0.1, 0.15) is 17.3 Å². The molecule has 3 rings (SSSR count). The molecule has 1 aliphatic rings. The molecule has 0 saturated carbocycles. The normalized spacial score (nSPS) is 15.2. The molecule has 10 nitrogen and oxygen atoms in total. The standard InChI is InChI=1S/C20H25FN4O6S2/c1-3-25-15-6-5-14(21)11-16(15)32-19(25)22-17(26)12-33(29,30)13-18(27)23-7-9-24(10-8-23)20(28)31-4-2/h5-6,11H,3-4,7-10,12-13H2,1-2H3. The number of aromatic nitrogens is 1. The van der Waals surface area contributed by atoms with Crippen molar-refractivity contribution in [1.82, 2.24) is 14.4 Å². The minimum Gasteiger partial charge on any atom is -0.450 e. The second-order valence-corrected chi connectivity index (χ2v) is 10.4. The zero-order valence-corrected chi connectivity index (χ0v) is 20.0. The Morgan fingerprint density at radius 1 is 1.09 bits per heavy atom. The van der Waals surface area contributed by atoms with E-state index in [1.807, 2.05) is 6.92 Å². The minimum absolute atomic E-state index is 0.181. The molecule has 0 unspecified atom stereocenters. The van der Waals surface area contributed by atoms with Crippen LogP contribution < -0.4 is 4.80 Å². The van der Waals surface area contributed by atoms with Gasteiger partial charge in [0.25, 0.3) is 5.91 Å². The van der Waals surface area contributed by atoms with E-state index in [1.165, 1.54) is 21.9 Å². The lowest BCUT2D eigenvalue weighted by Gasteiger charge is -2.34. The lowest BCUT2D eigenvalue weighted by molar-refractivity contribution is -0.130. The summed E-state index contributed by atoms with van der Waals surface area (Å²) in [4.78, 5) is 43.5. The maximum atomic E-state index is 13.5. The third-order valence-corrected chi connectivity index (χ3v) is 7.44. The molecule has 1 aromatic heterocycles. The molecule has 0 radical (unpaired) electrons. The van der Waals surface area contributed by atoms with Gasteiger partial charge < -0.3 is 19.1 Å². The molecule has 0 bridgehead atoms. The van der Waals surface area contributed by atoms with Crippen molar-refractivity contribution >= 4 is 49.3 Å². The lowest BCUT2D eigenvalue weighted by Crippen LogP contribution is -2.52. The number of carbonyl (C=O) groups is 3. The van der Waals surface area contributed by atoms with Crippen LogP contribution in [-0.4, -0.2) is 85.0 Å². The van der Waals surface area contributed by atoms with Gasteiger partial charge in [-0.05, 0) is 32.0 Å². The molecule has 1 fully saturated rings. The van der Waals surface area contributed by atoms with Crippen LogP contribution in [0.3, 0.4) is 0 Å². The Morgan fingerprint density at radius 2 is 1.76 bits per heavy atom. The number of ether oxygens (including phenoxy) is 1. The van der Waals surface area contributed by atoms with E-state index in [9.17, 15) is 27.2 Å². The Morgan fingerprint density at radius 3 is 2.39 bits per heavy atom. The van der Waals surface area contributed by atoms with Crippen LogP contribution in [0.2, 0.25) is 0 Å². The van der Waals surface area contributed by atoms with Gasteiger partial charge in [0, 0.05) is 32.7 Å². The SMILES string of the molecule is CCOC(=O)N1CCN(C(=O)CS(=O)(=O)CC(=O)N=c2sc3cc(F)ccc3n2CC)CC1. The van der Waals surface area contributed by atoms with Crippen molar-refractivity contribution in [3.8, 4) is 0 Å². The van der Waals surface area contributed by atoms with Gasteiger partial charge in [-0.2, -0.15) is 4.99 Å². The molecule has 2 heterocycles. The number of aryl methyl sites for hydroxylation is 1. The van der Waals surface area contributed by atoms with E-state index in [1.54, 1.807) is 17.6 Å². The molecule has 33 heavy (non-hydrogen) atoms. The Balaban J connectivity index is 1.64. The quantitative estimate of drug-likeness (QED) is 0.584. The number of halogens is 1. The van der Waals surface area contributed by atoms with E-state index in [4.69, 9.17) is 4.74 Å². The van der Waals surface area contributed by atoms with Crippen LogP contribution >= 0.6 is 11.3 Å². The third kappa shape index (κ3) is 6.16. The van der Waals surface area contributed by atoms with Crippen molar-refractivity contribution in [1.29, 1.82) is 0 Å². The molecule has 0 N–H and O–H groups in total.